The van der Waals surface area contributed by atoms with E-state index in [9.17, 15) is 4.79 Å². The van der Waals surface area contributed by atoms with Gasteiger partial charge in [0.1, 0.15) is 11.5 Å². The van der Waals surface area contributed by atoms with Crippen molar-refractivity contribution < 1.29 is 14.3 Å². The third kappa shape index (κ3) is 4.46. The minimum Gasteiger partial charge on any atom is -0.497 e. The highest BCUT2D eigenvalue weighted by atomic mass is 16.5. The van der Waals surface area contributed by atoms with Crippen LogP contribution in [0.15, 0.2) is 48.5 Å². The summed E-state index contributed by atoms with van der Waals surface area (Å²) in [5.41, 5.74) is 2.47. The first-order chi connectivity index (χ1) is 12.4. The van der Waals surface area contributed by atoms with Crippen LogP contribution in [0.25, 0.3) is 0 Å². The summed E-state index contributed by atoms with van der Waals surface area (Å²) in [7, 11) is 1.69. The second kappa shape index (κ2) is 8.88. The molecular formula is C23H30O3. The van der Waals surface area contributed by atoms with E-state index in [-0.39, 0.29) is 11.4 Å². The van der Waals surface area contributed by atoms with E-state index in [2.05, 4.69) is 45.0 Å². The van der Waals surface area contributed by atoms with Crippen LogP contribution < -0.4 is 9.47 Å². The minimum absolute atomic E-state index is 0.0730. The van der Waals surface area contributed by atoms with E-state index in [1.807, 2.05) is 24.3 Å². The normalized spacial score (nSPS) is 14.3. The van der Waals surface area contributed by atoms with Gasteiger partial charge in [0, 0.05) is 12.3 Å². The zero-order chi connectivity index (χ0) is 19.2. The Kier molecular flexibility index (Phi) is 6.84. The molecule has 0 aliphatic rings. The molecule has 0 aliphatic carbocycles. The van der Waals surface area contributed by atoms with Crippen molar-refractivity contribution >= 4 is 5.97 Å². The number of methoxy groups -OCH3 is 1. The molecule has 2 aromatic carbocycles. The molecule has 0 saturated heterocycles. The van der Waals surface area contributed by atoms with Gasteiger partial charge in [-0.05, 0) is 54.2 Å². The van der Waals surface area contributed by atoms with Gasteiger partial charge in [0.2, 0.25) is 0 Å². The molecule has 0 amide bonds. The highest BCUT2D eigenvalue weighted by Crippen LogP contribution is 2.42. The molecule has 0 fully saturated rings. The molecule has 0 heterocycles. The van der Waals surface area contributed by atoms with Gasteiger partial charge in [-0.3, -0.25) is 4.79 Å². The molecule has 0 N–H and O–H groups in total. The van der Waals surface area contributed by atoms with E-state index in [1.54, 1.807) is 7.11 Å². The van der Waals surface area contributed by atoms with Crippen LogP contribution >= 0.6 is 0 Å². The number of hydrogen-bond donors (Lipinski definition) is 0. The summed E-state index contributed by atoms with van der Waals surface area (Å²) in [5, 5.41) is 0. The maximum Gasteiger partial charge on any atom is 0.308 e. The summed E-state index contributed by atoms with van der Waals surface area (Å²) >= 11 is 0. The SMILES string of the molecule is CCC(C)CC(CC)(c1ccc(OC)cc1)c1ccc(OC(C)=O)cc1. The zero-order valence-corrected chi connectivity index (χ0v) is 16.5. The van der Waals surface area contributed by atoms with Gasteiger partial charge in [0.25, 0.3) is 0 Å². The molecule has 3 heteroatoms. The average molecular weight is 354 g/mol. The number of hydrogen-bond acceptors (Lipinski definition) is 3. The first kappa shape index (κ1) is 20.0. The van der Waals surface area contributed by atoms with Gasteiger partial charge in [-0.2, -0.15) is 0 Å². The zero-order valence-electron chi connectivity index (χ0n) is 16.5. The smallest absolute Gasteiger partial charge is 0.308 e. The highest BCUT2D eigenvalue weighted by molar-refractivity contribution is 5.69. The first-order valence-corrected chi connectivity index (χ1v) is 9.38. The molecule has 0 spiro atoms. The van der Waals surface area contributed by atoms with Crippen molar-refractivity contribution in [2.45, 2.75) is 52.4 Å². The van der Waals surface area contributed by atoms with E-state index in [4.69, 9.17) is 9.47 Å². The van der Waals surface area contributed by atoms with Crippen LogP contribution in [0.2, 0.25) is 0 Å². The van der Waals surface area contributed by atoms with Gasteiger partial charge in [0.05, 0.1) is 7.11 Å². The Bertz CT molecular complexity index is 703. The molecule has 2 aromatic rings. The van der Waals surface area contributed by atoms with Crippen LogP contribution in [-0.2, 0) is 10.2 Å². The lowest BCUT2D eigenvalue weighted by atomic mass is 9.67. The standard InChI is InChI=1S/C23H30O3/c1-6-17(3)16-23(7-2,19-8-12-21(25-5)13-9-19)20-10-14-22(15-11-20)26-18(4)24/h8-15,17H,6-7,16H2,1-5H3. The Morgan fingerprint density at radius 3 is 1.85 bits per heavy atom. The number of rotatable bonds is 8. The van der Waals surface area contributed by atoms with Crippen molar-refractivity contribution in [1.82, 2.24) is 0 Å². The second-order valence-electron chi connectivity index (χ2n) is 7.00. The molecule has 0 bridgehead atoms. The van der Waals surface area contributed by atoms with Crippen LogP contribution in [0.3, 0.4) is 0 Å². The Morgan fingerprint density at radius 2 is 1.46 bits per heavy atom. The molecule has 2 atom stereocenters. The summed E-state index contributed by atoms with van der Waals surface area (Å²) in [6.07, 6.45) is 3.21. The topological polar surface area (TPSA) is 35.5 Å². The fourth-order valence-electron chi connectivity index (χ4n) is 3.61. The Balaban J connectivity index is 2.49. The molecule has 0 saturated carbocycles. The molecular weight excluding hydrogens is 324 g/mol. The third-order valence-electron chi connectivity index (χ3n) is 5.31. The van der Waals surface area contributed by atoms with Crippen LogP contribution in [-0.4, -0.2) is 13.1 Å². The Hall–Kier alpha value is -2.29. The van der Waals surface area contributed by atoms with Crippen molar-refractivity contribution in [2.75, 3.05) is 7.11 Å². The fraction of sp³-hybridized carbons (Fsp3) is 0.435. The van der Waals surface area contributed by atoms with Crippen LogP contribution in [0.5, 0.6) is 11.5 Å². The molecule has 0 aliphatic heterocycles. The van der Waals surface area contributed by atoms with Crippen molar-refractivity contribution in [3.8, 4) is 11.5 Å². The first-order valence-electron chi connectivity index (χ1n) is 9.38. The number of ether oxygens (including phenoxy) is 2. The van der Waals surface area contributed by atoms with Gasteiger partial charge < -0.3 is 9.47 Å². The lowest BCUT2D eigenvalue weighted by Gasteiger charge is -2.36. The summed E-state index contributed by atoms with van der Waals surface area (Å²) in [4.78, 5) is 11.2. The second-order valence-corrected chi connectivity index (χ2v) is 7.00. The van der Waals surface area contributed by atoms with E-state index in [1.165, 1.54) is 18.1 Å². The predicted molar refractivity (Wildman–Crippen MR) is 106 cm³/mol. The molecule has 0 radical (unpaired) electrons. The van der Waals surface area contributed by atoms with Crippen LogP contribution in [0.1, 0.15) is 58.1 Å². The maximum absolute atomic E-state index is 11.2. The largest absolute Gasteiger partial charge is 0.497 e. The van der Waals surface area contributed by atoms with Gasteiger partial charge in [-0.15, -0.1) is 0 Å². The van der Waals surface area contributed by atoms with Gasteiger partial charge in [-0.1, -0.05) is 51.5 Å². The van der Waals surface area contributed by atoms with E-state index in [0.717, 1.165) is 25.0 Å². The lowest BCUT2D eigenvalue weighted by Crippen LogP contribution is -2.29. The fourth-order valence-corrected chi connectivity index (χ4v) is 3.61. The molecule has 3 nitrogen and oxygen atoms in total. The summed E-state index contributed by atoms with van der Waals surface area (Å²) in [6.45, 7) is 8.21. The third-order valence-corrected chi connectivity index (χ3v) is 5.31. The van der Waals surface area contributed by atoms with Crippen molar-refractivity contribution in [3.63, 3.8) is 0 Å². The average Bonchev–Trinajstić information content (AvgIpc) is 2.66. The Morgan fingerprint density at radius 1 is 0.962 bits per heavy atom. The van der Waals surface area contributed by atoms with Gasteiger partial charge in [0.15, 0.2) is 0 Å². The van der Waals surface area contributed by atoms with Crippen molar-refractivity contribution in [2.24, 2.45) is 5.92 Å². The molecule has 2 unspecified atom stereocenters. The number of carbonyl (C=O) groups is 1. The van der Waals surface area contributed by atoms with E-state index >= 15 is 0 Å². The molecule has 26 heavy (non-hydrogen) atoms. The van der Waals surface area contributed by atoms with Crippen molar-refractivity contribution in [3.05, 3.63) is 59.7 Å². The predicted octanol–water partition coefficient (Wildman–Crippen LogP) is 5.75. The molecule has 2 rings (SSSR count). The maximum atomic E-state index is 11.2. The highest BCUT2D eigenvalue weighted by Gasteiger charge is 2.33. The van der Waals surface area contributed by atoms with E-state index < -0.39 is 0 Å². The van der Waals surface area contributed by atoms with E-state index in [0.29, 0.717) is 11.7 Å². The number of carbonyl (C=O) groups excluding carboxylic acids is 1. The van der Waals surface area contributed by atoms with Crippen LogP contribution in [0, 0.1) is 5.92 Å². The van der Waals surface area contributed by atoms with Crippen molar-refractivity contribution in [1.29, 1.82) is 0 Å². The quantitative estimate of drug-likeness (QED) is 0.447. The summed E-state index contributed by atoms with van der Waals surface area (Å²) < 4.78 is 10.5. The molecule has 140 valence electrons. The minimum atomic E-state index is -0.297. The number of esters is 1. The monoisotopic (exact) mass is 354 g/mol. The lowest BCUT2D eigenvalue weighted by molar-refractivity contribution is -0.131. The summed E-state index contributed by atoms with van der Waals surface area (Å²) in [5.74, 6) is 1.76. The summed E-state index contributed by atoms with van der Waals surface area (Å²) in [6, 6.07) is 16.4. The van der Waals surface area contributed by atoms with Gasteiger partial charge in [-0.25, -0.2) is 0 Å². The Labute approximate surface area is 157 Å². The van der Waals surface area contributed by atoms with Gasteiger partial charge >= 0.3 is 5.97 Å². The van der Waals surface area contributed by atoms with Crippen LogP contribution in [0.4, 0.5) is 0 Å². The molecule has 0 aromatic heterocycles. The number of benzene rings is 2.